The quantitative estimate of drug-likeness (QED) is 0.837. The van der Waals surface area contributed by atoms with Crippen molar-refractivity contribution in [3.8, 4) is 0 Å². The fourth-order valence-corrected chi connectivity index (χ4v) is 1.94. The van der Waals surface area contributed by atoms with Gasteiger partial charge in [0.1, 0.15) is 17.8 Å². The first kappa shape index (κ1) is 14.3. The van der Waals surface area contributed by atoms with Crippen molar-refractivity contribution >= 4 is 5.91 Å². The fraction of sp³-hybridized carbons (Fsp3) is 0.429. The molecule has 0 fully saturated rings. The lowest BCUT2D eigenvalue weighted by molar-refractivity contribution is 0.0949. The molecule has 6 heteroatoms. The smallest absolute Gasteiger partial charge is 0.254 e. The van der Waals surface area contributed by atoms with Crippen LogP contribution in [0, 0.1) is 5.92 Å². The Bertz CT molecular complexity index is 571. The fourth-order valence-electron chi connectivity index (χ4n) is 1.94. The molecule has 0 aromatic carbocycles. The molecule has 2 aromatic heterocycles. The summed E-state index contributed by atoms with van der Waals surface area (Å²) < 4.78 is 7.19. The van der Waals surface area contributed by atoms with Crippen LogP contribution < -0.4 is 11.1 Å². The number of rotatable bonds is 6. The Kier molecular flexibility index (Phi) is 4.57. The van der Waals surface area contributed by atoms with E-state index in [-0.39, 0.29) is 12.5 Å². The Morgan fingerprint density at radius 2 is 2.35 bits per heavy atom. The minimum absolute atomic E-state index is 0.187. The number of nitrogens with zero attached hydrogens (tertiary/aromatic N) is 2. The third-order valence-electron chi connectivity index (χ3n) is 2.89. The van der Waals surface area contributed by atoms with Gasteiger partial charge < -0.3 is 20.0 Å². The van der Waals surface area contributed by atoms with Gasteiger partial charge in [-0.15, -0.1) is 0 Å². The van der Waals surface area contributed by atoms with Gasteiger partial charge in [0.15, 0.2) is 0 Å². The highest BCUT2D eigenvalue weighted by atomic mass is 16.3. The van der Waals surface area contributed by atoms with Gasteiger partial charge >= 0.3 is 0 Å². The largest absolute Gasteiger partial charge is 0.467 e. The molecule has 1 amide bonds. The van der Waals surface area contributed by atoms with E-state index >= 15 is 0 Å². The number of aromatic nitrogens is 2. The zero-order valence-corrected chi connectivity index (χ0v) is 11.8. The van der Waals surface area contributed by atoms with Gasteiger partial charge in [-0.1, -0.05) is 13.8 Å². The van der Waals surface area contributed by atoms with Crippen LogP contribution in [0.4, 0.5) is 0 Å². The normalized spacial score (nSPS) is 11.0. The molecule has 6 nitrogen and oxygen atoms in total. The number of hydrogen-bond donors (Lipinski definition) is 2. The second-order valence-corrected chi connectivity index (χ2v) is 5.08. The third-order valence-corrected chi connectivity index (χ3v) is 2.89. The van der Waals surface area contributed by atoms with Crippen molar-refractivity contribution in [2.75, 3.05) is 0 Å². The van der Waals surface area contributed by atoms with Gasteiger partial charge in [0.05, 0.1) is 18.7 Å². The Balaban J connectivity index is 1.95. The van der Waals surface area contributed by atoms with E-state index in [0.29, 0.717) is 23.8 Å². The molecule has 0 aliphatic heterocycles. The molecule has 0 aliphatic rings. The first-order chi connectivity index (χ1) is 9.60. The van der Waals surface area contributed by atoms with Gasteiger partial charge in [-0.05, 0) is 12.0 Å². The lowest BCUT2D eigenvalue weighted by atomic mass is 10.2. The van der Waals surface area contributed by atoms with Crippen LogP contribution in [0.25, 0.3) is 0 Å². The van der Waals surface area contributed by atoms with Crippen molar-refractivity contribution in [3.05, 3.63) is 41.9 Å². The summed E-state index contributed by atoms with van der Waals surface area (Å²) in [7, 11) is 0. The average molecular weight is 276 g/mol. The maximum atomic E-state index is 12.0. The SMILES string of the molecule is CC(C)Cn1ccnc1CNC(=O)c1coc(CN)c1. The predicted octanol–water partition coefficient (Wildman–Crippen LogP) is 1.52. The lowest BCUT2D eigenvalue weighted by Crippen LogP contribution is -2.24. The number of nitrogens with two attached hydrogens (primary N) is 1. The van der Waals surface area contributed by atoms with Crippen LogP contribution >= 0.6 is 0 Å². The van der Waals surface area contributed by atoms with Crippen LogP contribution in [0.2, 0.25) is 0 Å². The maximum Gasteiger partial charge on any atom is 0.254 e. The second-order valence-electron chi connectivity index (χ2n) is 5.08. The van der Waals surface area contributed by atoms with Crippen molar-refractivity contribution in [1.82, 2.24) is 14.9 Å². The summed E-state index contributed by atoms with van der Waals surface area (Å²) in [6.07, 6.45) is 5.08. The van der Waals surface area contributed by atoms with Crippen molar-refractivity contribution in [2.45, 2.75) is 33.5 Å². The van der Waals surface area contributed by atoms with Crippen molar-refractivity contribution < 1.29 is 9.21 Å². The van der Waals surface area contributed by atoms with E-state index in [0.717, 1.165) is 12.4 Å². The Morgan fingerprint density at radius 1 is 1.55 bits per heavy atom. The topological polar surface area (TPSA) is 86.1 Å². The van der Waals surface area contributed by atoms with Gasteiger partial charge in [0.25, 0.3) is 5.91 Å². The molecule has 0 atom stereocenters. The molecule has 0 unspecified atom stereocenters. The van der Waals surface area contributed by atoms with Crippen LogP contribution in [0.5, 0.6) is 0 Å². The summed E-state index contributed by atoms with van der Waals surface area (Å²) in [4.78, 5) is 16.2. The van der Waals surface area contributed by atoms with E-state index in [2.05, 4.69) is 24.1 Å². The summed E-state index contributed by atoms with van der Waals surface area (Å²) in [6.45, 7) is 5.84. The van der Waals surface area contributed by atoms with Gasteiger partial charge in [-0.25, -0.2) is 4.98 Å². The van der Waals surface area contributed by atoms with Crippen LogP contribution in [0.15, 0.2) is 29.1 Å². The molecule has 2 aromatic rings. The first-order valence-corrected chi connectivity index (χ1v) is 6.66. The summed E-state index contributed by atoms with van der Waals surface area (Å²) in [5.41, 5.74) is 5.92. The summed E-state index contributed by atoms with van der Waals surface area (Å²) in [5, 5.41) is 2.83. The number of hydrogen-bond acceptors (Lipinski definition) is 4. The molecular formula is C14H20N4O2. The van der Waals surface area contributed by atoms with Gasteiger partial charge in [-0.3, -0.25) is 4.79 Å². The van der Waals surface area contributed by atoms with Gasteiger partial charge in [0.2, 0.25) is 0 Å². The molecular weight excluding hydrogens is 256 g/mol. The Morgan fingerprint density at radius 3 is 3.00 bits per heavy atom. The van der Waals surface area contributed by atoms with Crippen LogP contribution in [-0.2, 0) is 19.6 Å². The van der Waals surface area contributed by atoms with Crippen LogP contribution in [0.3, 0.4) is 0 Å². The Labute approximate surface area is 118 Å². The van der Waals surface area contributed by atoms with Gasteiger partial charge in [0, 0.05) is 18.9 Å². The van der Waals surface area contributed by atoms with Crippen LogP contribution in [-0.4, -0.2) is 15.5 Å². The summed E-state index contributed by atoms with van der Waals surface area (Å²) in [5.74, 6) is 1.78. The number of nitrogens with one attached hydrogen (secondary N) is 1. The summed E-state index contributed by atoms with van der Waals surface area (Å²) in [6, 6.07) is 1.65. The molecule has 0 radical (unpaired) electrons. The van der Waals surface area contributed by atoms with Gasteiger partial charge in [-0.2, -0.15) is 0 Å². The highest BCUT2D eigenvalue weighted by Gasteiger charge is 2.11. The monoisotopic (exact) mass is 276 g/mol. The molecule has 0 aliphatic carbocycles. The van der Waals surface area contributed by atoms with E-state index in [9.17, 15) is 4.79 Å². The van der Waals surface area contributed by atoms with E-state index in [1.54, 1.807) is 12.3 Å². The number of carbonyl (C=O) groups is 1. The van der Waals surface area contributed by atoms with Crippen molar-refractivity contribution in [3.63, 3.8) is 0 Å². The van der Waals surface area contributed by atoms with E-state index < -0.39 is 0 Å². The molecule has 3 N–H and O–H groups in total. The van der Waals surface area contributed by atoms with Crippen molar-refractivity contribution in [1.29, 1.82) is 0 Å². The molecule has 108 valence electrons. The minimum atomic E-state index is -0.187. The lowest BCUT2D eigenvalue weighted by Gasteiger charge is -2.10. The summed E-state index contributed by atoms with van der Waals surface area (Å²) >= 11 is 0. The highest BCUT2D eigenvalue weighted by molar-refractivity contribution is 5.93. The standard InChI is InChI=1S/C14H20N4O2/c1-10(2)8-18-4-3-16-13(18)7-17-14(19)11-5-12(6-15)20-9-11/h3-5,9-10H,6-8,15H2,1-2H3,(H,17,19). The highest BCUT2D eigenvalue weighted by Crippen LogP contribution is 2.08. The number of amides is 1. The molecule has 0 saturated carbocycles. The molecule has 0 bridgehead atoms. The predicted molar refractivity (Wildman–Crippen MR) is 74.8 cm³/mol. The average Bonchev–Trinajstić information content (AvgIpc) is 3.04. The van der Waals surface area contributed by atoms with Crippen molar-refractivity contribution in [2.24, 2.45) is 11.7 Å². The zero-order valence-electron chi connectivity index (χ0n) is 11.8. The Hall–Kier alpha value is -2.08. The first-order valence-electron chi connectivity index (χ1n) is 6.66. The van der Waals surface area contributed by atoms with E-state index in [1.165, 1.54) is 6.26 Å². The van der Waals surface area contributed by atoms with E-state index in [4.69, 9.17) is 10.2 Å². The second kappa shape index (κ2) is 6.38. The van der Waals surface area contributed by atoms with Crippen LogP contribution in [0.1, 0.15) is 35.8 Å². The number of carbonyl (C=O) groups excluding carboxylic acids is 1. The number of furan rings is 1. The zero-order chi connectivity index (χ0) is 14.5. The van der Waals surface area contributed by atoms with E-state index in [1.807, 2.05) is 10.8 Å². The maximum absolute atomic E-state index is 12.0. The minimum Gasteiger partial charge on any atom is -0.467 e. The molecule has 2 rings (SSSR count). The number of imidazole rings is 1. The molecule has 0 spiro atoms. The molecule has 20 heavy (non-hydrogen) atoms. The molecule has 0 saturated heterocycles. The third kappa shape index (κ3) is 3.48. The molecule has 2 heterocycles.